The Morgan fingerprint density at radius 1 is 1.43 bits per heavy atom. The van der Waals surface area contributed by atoms with E-state index in [1.54, 1.807) is 19.4 Å². The molecule has 0 saturated carbocycles. The van der Waals surface area contributed by atoms with Crippen molar-refractivity contribution < 1.29 is 13.9 Å². The maximum atomic E-state index is 12.4. The van der Waals surface area contributed by atoms with Crippen LogP contribution in [0.25, 0.3) is 0 Å². The molecule has 3 rings (SSSR count). The summed E-state index contributed by atoms with van der Waals surface area (Å²) in [7, 11) is 1.79. The van der Waals surface area contributed by atoms with Gasteiger partial charge in [0, 0.05) is 38.8 Å². The van der Waals surface area contributed by atoms with Crippen molar-refractivity contribution in [2.45, 2.75) is 45.2 Å². The second-order valence-corrected chi connectivity index (χ2v) is 7.38. The lowest BCUT2D eigenvalue weighted by atomic mass is 9.76. The van der Waals surface area contributed by atoms with Gasteiger partial charge in [-0.05, 0) is 44.6 Å². The highest BCUT2D eigenvalue weighted by molar-refractivity contribution is 5.93. The van der Waals surface area contributed by atoms with Gasteiger partial charge in [-0.3, -0.25) is 9.69 Å². The highest BCUT2D eigenvalue weighted by Gasteiger charge is 2.46. The van der Waals surface area contributed by atoms with Gasteiger partial charge in [0.25, 0.3) is 5.91 Å². The third-order valence-electron chi connectivity index (χ3n) is 5.56. The number of nitrogens with zero attached hydrogens (tertiary/aromatic N) is 2. The summed E-state index contributed by atoms with van der Waals surface area (Å²) in [5.74, 6) is 0.0979. The molecule has 1 aromatic heterocycles. The Hall–Kier alpha value is -1.33. The average molecular weight is 320 g/mol. The van der Waals surface area contributed by atoms with Crippen molar-refractivity contribution in [3.05, 3.63) is 24.2 Å². The van der Waals surface area contributed by atoms with E-state index in [0.29, 0.717) is 23.1 Å². The summed E-state index contributed by atoms with van der Waals surface area (Å²) in [4.78, 5) is 17.0. The van der Waals surface area contributed by atoms with Crippen molar-refractivity contribution in [3.63, 3.8) is 0 Å². The number of ether oxygens (including phenoxy) is 1. The standard InChI is InChI=1S/C18H28N2O3/c1-14(2)20-13-18(10-16(20)12-22-3)5-7-19(8-6-18)17(21)15-4-9-23-11-15/h4,9,11,14,16H,5-8,10,12-13H2,1-3H3/t16-/m0/s1. The van der Waals surface area contributed by atoms with Gasteiger partial charge in [0.1, 0.15) is 6.26 Å². The molecule has 1 amide bonds. The summed E-state index contributed by atoms with van der Waals surface area (Å²) in [5.41, 5.74) is 1.01. The van der Waals surface area contributed by atoms with E-state index < -0.39 is 0 Å². The fourth-order valence-corrected chi connectivity index (χ4v) is 4.26. The van der Waals surface area contributed by atoms with E-state index in [2.05, 4.69) is 18.7 Å². The molecule has 23 heavy (non-hydrogen) atoms. The lowest BCUT2D eigenvalue weighted by Crippen LogP contribution is -2.44. The van der Waals surface area contributed by atoms with Crippen LogP contribution < -0.4 is 0 Å². The van der Waals surface area contributed by atoms with Crippen molar-refractivity contribution in [2.24, 2.45) is 5.41 Å². The van der Waals surface area contributed by atoms with Gasteiger partial charge in [-0.25, -0.2) is 0 Å². The monoisotopic (exact) mass is 320 g/mol. The molecule has 1 spiro atoms. The van der Waals surface area contributed by atoms with Crippen LogP contribution in [0.15, 0.2) is 23.0 Å². The van der Waals surface area contributed by atoms with E-state index >= 15 is 0 Å². The van der Waals surface area contributed by atoms with Crippen LogP contribution in [-0.2, 0) is 4.74 Å². The molecule has 0 aliphatic carbocycles. The normalized spacial score (nSPS) is 24.7. The molecule has 0 bridgehead atoms. The molecule has 2 aliphatic heterocycles. The van der Waals surface area contributed by atoms with Gasteiger partial charge in [0.05, 0.1) is 18.4 Å². The topological polar surface area (TPSA) is 45.9 Å². The summed E-state index contributed by atoms with van der Waals surface area (Å²) < 4.78 is 10.5. The van der Waals surface area contributed by atoms with Crippen LogP contribution in [0.1, 0.15) is 43.5 Å². The molecule has 0 radical (unpaired) electrons. The van der Waals surface area contributed by atoms with Crippen LogP contribution in [0.2, 0.25) is 0 Å². The third-order valence-corrected chi connectivity index (χ3v) is 5.56. The highest BCUT2D eigenvalue weighted by atomic mass is 16.5. The molecule has 0 N–H and O–H groups in total. The Morgan fingerprint density at radius 3 is 2.74 bits per heavy atom. The molecular weight excluding hydrogens is 292 g/mol. The quantitative estimate of drug-likeness (QED) is 0.855. The predicted octanol–water partition coefficient (Wildman–Crippen LogP) is 2.63. The van der Waals surface area contributed by atoms with Gasteiger partial charge in [-0.1, -0.05) is 0 Å². The molecule has 128 valence electrons. The smallest absolute Gasteiger partial charge is 0.257 e. The zero-order valence-electron chi connectivity index (χ0n) is 14.5. The summed E-state index contributed by atoms with van der Waals surface area (Å²) in [6.07, 6.45) is 6.45. The molecule has 1 aromatic rings. The molecule has 5 heteroatoms. The number of likely N-dealkylation sites (tertiary alicyclic amines) is 2. The largest absolute Gasteiger partial charge is 0.472 e. The number of carbonyl (C=O) groups excluding carboxylic acids is 1. The van der Waals surface area contributed by atoms with Gasteiger partial charge < -0.3 is 14.1 Å². The Morgan fingerprint density at radius 2 is 2.17 bits per heavy atom. The van der Waals surface area contributed by atoms with E-state index in [0.717, 1.165) is 39.1 Å². The number of hydrogen-bond acceptors (Lipinski definition) is 4. The maximum absolute atomic E-state index is 12.4. The van der Waals surface area contributed by atoms with E-state index in [-0.39, 0.29) is 5.91 Å². The average Bonchev–Trinajstić information content (AvgIpc) is 3.17. The van der Waals surface area contributed by atoms with Crippen molar-refractivity contribution in [2.75, 3.05) is 33.4 Å². The fourth-order valence-electron chi connectivity index (χ4n) is 4.26. The Balaban J connectivity index is 1.63. The number of furan rings is 1. The number of amides is 1. The highest BCUT2D eigenvalue weighted by Crippen LogP contribution is 2.44. The van der Waals surface area contributed by atoms with Crippen LogP contribution in [0.5, 0.6) is 0 Å². The first kappa shape index (κ1) is 16.5. The fraction of sp³-hybridized carbons (Fsp3) is 0.722. The summed E-state index contributed by atoms with van der Waals surface area (Å²) in [5, 5.41) is 0. The first-order valence-electron chi connectivity index (χ1n) is 8.61. The zero-order valence-corrected chi connectivity index (χ0v) is 14.5. The maximum Gasteiger partial charge on any atom is 0.257 e. The molecule has 2 fully saturated rings. The number of piperidine rings is 1. The third kappa shape index (κ3) is 3.31. The van der Waals surface area contributed by atoms with Crippen LogP contribution in [-0.4, -0.2) is 61.1 Å². The second-order valence-electron chi connectivity index (χ2n) is 7.38. The lowest BCUT2D eigenvalue weighted by Gasteiger charge is -2.39. The minimum atomic E-state index is 0.0979. The first-order chi connectivity index (χ1) is 11.0. The molecule has 2 aliphatic rings. The number of carbonyl (C=O) groups is 1. The van der Waals surface area contributed by atoms with Crippen molar-refractivity contribution in [1.29, 1.82) is 0 Å². The molecule has 0 aromatic carbocycles. The van der Waals surface area contributed by atoms with Crippen LogP contribution in [0, 0.1) is 5.41 Å². The van der Waals surface area contributed by atoms with E-state index in [1.165, 1.54) is 12.7 Å². The van der Waals surface area contributed by atoms with Crippen molar-refractivity contribution in [3.8, 4) is 0 Å². The van der Waals surface area contributed by atoms with Crippen LogP contribution >= 0.6 is 0 Å². The Kier molecular flexibility index (Phi) is 4.78. The minimum absolute atomic E-state index is 0.0979. The molecule has 1 atom stereocenters. The molecule has 2 saturated heterocycles. The van der Waals surface area contributed by atoms with E-state index in [4.69, 9.17) is 9.15 Å². The zero-order chi connectivity index (χ0) is 16.4. The van der Waals surface area contributed by atoms with Gasteiger partial charge >= 0.3 is 0 Å². The number of hydrogen-bond donors (Lipinski definition) is 0. The van der Waals surface area contributed by atoms with E-state index in [9.17, 15) is 4.79 Å². The Bertz CT molecular complexity index is 518. The summed E-state index contributed by atoms with van der Waals surface area (Å²) in [6.45, 7) is 8.15. The van der Waals surface area contributed by atoms with Crippen molar-refractivity contribution in [1.82, 2.24) is 9.80 Å². The minimum Gasteiger partial charge on any atom is -0.472 e. The molecular formula is C18H28N2O3. The Labute approximate surface area is 138 Å². The van der Waals surface area contributed by atoms with Gasteiger partial charge in [0.2, 0.25) is 0 Å². The van der Waals surface area contributed by atoms with Crippen LogP contribution in [0.3, 0.4) is 0 Å². The summed E-state index contributed by atoms with van der Waals surface area (Å²) >= 11 is 0. The van der Waals surface area contributed by atoms with Gasteiger partial charge in [-0.2, -0.15) is 0 Å². The molecule has 5 nitrogen and oxygen atoms in total. The number of methoxy groups -OCH3 is 1. The molecule has 0 unspecified atom stereocenters. The van der Waals surface area contributed by atoms with Crippen molar-refractivity contribution >= 4 is 5.91 Å². The second kappa shape index (κ2) is 6.65. The summed E-state index contributed by atoms with van der Waals surface area (Å²) in [6, 6.07) is 2.80. The van der Waals surface area contributed by atoms with Gasteiger partial charge in [0.15, 0.2) is 0 Å². The molecule has 3 heterocycles. The SMILES string of the molecule is COC[C@@H]1CC2(CCN(C(=O)c3ccoc3)CC2)CN1C(C)C. The van der Waals surface area contributed by atoms with Gasteiger partial charge in [-0.15, -0.1) is 0 Å². The predicted molar refractivity (Wildman–Crippen MR) is 88.4 cm³/mol. The van der Waals surface area contributed by atoms with E-state index in [1.807, 2.05) is 4.90 Å². The number of rotatable bonds is 4. The van der Waals surface area contributed by atoms with Crippen LogP contribution in [0.4, 0.5) is 0 Å². The first-order valence-corrected chi connectivity index (χ1v) is 8.61. The lowest BCUT2D eigenvalue weighted by molar-refractivity contribution is 0.0581.